The van der Waals surface area contributed by atoms with Gasteiger partial charge in [-0.05, 0) is 31.0 Å². The first kappa shape index (κ1) is 18.6. The van der Waals surface area contributed by atoms with Crippen LogP contribution >= 0.6 is 0 Å². The van der Waals surface area contributed by atoms with E-state index in [1.54, 1.807) is 0 Å². The van der Waals surface area contributed by atoms with Crippen LogP contribution in [0.5, 0.6) is 0 Å². The molecule has 1 aromatic carbocycles. The minimum absolute atomic E-state index is 0.350. The van der Waals surface area contributed by atoms with Crippen LogP contribution in [0.1, 0.15) is 16.8 Å². The topological polar surface area (TPSA) is 66.0 Å². The maximum atomic E-state index is 14.7. The molecule has 0 unspecified atom stereocenters. The van der Waals surface area contributed by atoms with Crippen LogP contribution in [0.4, 0.5) is 16.2 Å². The molecule has 4 rings (SSSR count). The summed E-state index contributed by atoms with van der Waals surface area (Å²) in [6.07, 6.45) is -0.978. The number of nitrogens with zero attached hydrogens (tertiary/aromatic N) is 4. The van der Waals surface area contributed by atoms with Gasteiger partial charge in [0.25, 0.3) is 0 Å². The molecule has 2 N–H and O–H groups in total. The Labute approximate surface area is 164 Å². The van der Waals surface area contributed by atoms with Gasteiger partial charge in [0.2, 0.25) is 5.95 Å². The molecule has 2 atom stereocenters. The molecule has 1 saturated heterocycles. The van der Waals surface area contributed by atoms with E-state index >= 15 is 0 Å². The summed E-state index contributed by atoms with van der Waals surface area (Å²) in [7, 11) is 1.82. The van der Waals surface area contributed by atoms with Crippen LogP contribution in [0.2, 0.25) is 0 Å². The van der Waals surface area contributed by atoms with E-state index in [9.17, 15) is 4.39 Å². The minimum Gasteiger partial charge on any atom is -0.372 e. The number of hydrogen-bond donors (Lipinski definition) is 2. The number of aryl methyl sites for hydroxylation is 2. The lowest BCUT2D eigenvalue weighted by molar-refractivity contribution is 0.281. The maximum absolute atomic E-state index is 14.7. The summed E-state index contributed by atoms with van der Waals surface area (Å²) in [6, 6.07) is 11.8. The number of alkyl halides is 1. The molecule has 0 aliphatic carbocycles. The van der Waals surface area contributed by atoms with Gasteiger partial charge < -0.3 is 10.6 Å². The first-order chi connectivity index (χ1) is 13.5. The molecule has 28 heavy (non-hydrogen) atoms. The number of aromatic nitrogens is 3. The summed E-state index contributed by atoms with van der Waals surface area (Å²) in [6.45, 7) is 5.70. The van der Waals surface area contributed by atoms with Gasteiger partial charge in [0.1, 0.15) is 12.0 Å². The van der Waals surface area contributed by atoms with Crippen LogP contribution < -0.4 is 10.6 Å². The fourth-order valence-electron chi connectivity index (χ4n) is 3.84. The SMILES string of the molecule is CNc1nc(N[C@H]2CN(Cc3ccccc3)C[C@H]2F)nc2nc(C)cc(C)c12. The second kappa shape index (κ2) is 7.67. The van der Waals surface area contributed by atoms with Crippen molar-refractivity contribution in [1.82, 2.24) is 19.9 Å². The number of halogens is 1. The van der Waals surface area contributed by atoms with Crippen molar-refractivity contribution >= 4 is 22.8 Å². The molecule has 1 fully saturated rings. The Kier molecular flexibility index (Phi) is 5.09. The zero-order valence-electron chi connectivity index (χ0n) is 16.4. The molecule has 3 heterocycles. The van der Waals surface area contributed by atoms with Crippen molar-refractivity contribution in [2.45, 2.75) is 32.6 Å². The normalized spacial score (nSPS) is 19.9. The zero-order chi connectivity index (χ0) is 19.7. The summed E-state index contributed by atoms with van der Waals surface area (Å²) < 4.78 is 14.7. The Morgan fingerprint density at radius 2 is 1.89 bits per heavy atom. The van der Waals surface area contributed by atoms with E-state index in [1.165, 1.54) is 5.56 Å². The van der Waals surface area contributed by atoms with Crippen molar-refractivity contribution in [2.24, 2.45) is 0 Å². The molecule has 7 heteroatoms. The van der Waals surface area contributed by atoms with Gasteiger partial charge in [-0.3, -0.25) is 4.90 Å². The highest BCUT2D eigenvalue weighted by Crippen LogP contribution is 2.26. The number of benzene rings is 1. The Hall–Kier alpha value is -2.80. The molecule has 1 aliphatic rings. The Morgan fingerprint density at radius 3 is 2.64 bits per heavy atom. The molecule has 0 amide bonds. The third-order valence-electron chi connectivity index (χ3n) is 5.12. The third kappa shape index (κ3) is 3.75. The van der Waals surface area contributed by atoms with Crippen molar-refractivity contribution < 1.29 is 4.39 Å². The molecule has 146 valence electrons. The molecule has 1 aliphatic heterocycles. The highest BCUT2D eigenvalue weighted by Gasteiger charge is 2.33. The van der Waals surface area contributed by atoms with Crippen molar-refractivity contribution in [3.8, 4) is 0 Å². The molecule has 0 radical (unpaired) electrons. The highest BCUT2D eigenvalue weighted by molar-refractivity contribution is 5.90. The van der Waals surface area contributed by atoms with Crippen LogP contribution in [0.25, 0.3) is 11.0 Å². The molecule has 0 spiro atoms. The van der Waals surface area contributed by atoms with Crippen LogP contribution in [0.15, 0.2) is 36.4 Å². The Morgan fingerprint density at radius 1 is 1.11 bits per heavy atom. The van der Waals surface area contributed by atoms with Gasteiger partial charge in [0.05, 0.1) is 11.4 Å². The van der Waals surface area contributed by atoms with E-state index in [4.69, 9.17) is 0 Å². The fourth-order valence-corrected chi connectivity index (χ4v) is 3.84. The molecule has 6 nitrogen and oxygen atoms in total. The second-order valence-corrected chi connectivity index (χ2v) is 7.37. The lowest BCUT2D eigenvalue weighted by atomic mass is 10.1. The van der Waals surface area contributed by atoms with E-state index in [-0.39, 0.29) is 6.04 Å². The van der Waals surface area contributed by atoms with Gasteiger partial charge in [0, 0.05) is 32.4 Å². The van der Waals surface area contributed by atoms with Crippen LogP contribution in [-0.2, 0) is 6.54 Å². The van der Waals surface area contributed by atoms with E-state index < -0.39 is 6.17 Å². The predicted molar refractivity (Wildman–Crippen MR) is 110 cm³/mol. The maximum Gasteiger partial charge on any atom is 0.227 e. The zero-order valence-corrected chi connectivity index (χ0v) is 16.4. The van der Waals surface area contributed by atoms with Gasteiger partial charge in [-0.1, -0.05) is 30.3 Å². The van der Waals surface area contributed by atoms with Crippen LogP contribution in [0, 0.1) is 13.8 Å². The number of rotatable bonds is 5. The molecule has 3 aromatic rings. The van der Waals surface area contributed by atoms with Gasteiger partial charge >= 0.3 is 0 Å². The van der Waals surface area contributed by atoms with Crippen LogP contribution in [0.3, 0.4) is 0 Å². The first-order valence-electron chi connectivity index (χ1n) is 9.54. The lowest BCUT2D eigenvalue weighted by Crippen LogP contribution is -2.30. The smallest absolute Gasteiger partial charge is 0.227 e. The van der Waals surface area contributed by atoms with Gasteiger partial charge in [-0.15, -0.1) is 0 Å². The fraction of sp³-hybridized carbons (Fsp3) is 0.381. The molecule has 0 saturated carbocycles. The quantitative estimate of drug-likeness (QED) is 0.708. The summed E-state index contributed by atoms with van der Waals surface area (Å²) in [5.41, 5.74) is 3.77. The lowest BCUT2D eigenvalue weighted by Gasteiger charge is -2.17. The summed E-state index contributed by atoms with van der Waals surface area (Å²) in [4.78, 5) is 15.8. The number of pyridine rings is 1. The standard InChI is InChI=1S/C21H25FN6/c1-13-9-14(2)24-20-18(13)19(23-3)26-21(27-20)25-17-12-28(11-16(17)22)10-15-7-5-4-6-8-15/h4-9,16-17H,10-12H2,1-3H3,(H2,23,24,25,26,27)/t16-,17+/m1/s1. The number of fused-ring (bicyclic) bond motifs is 1. The Balaban J connectivity index is 1.54. The molecule has 2 aromatic heterocycles. The molecular formula is C21H25FN6. The molecule has 0 bridgehead atoms. The monoisotopic (exact) mass is 380 g/mol. The van der Waals surface area contributed by atoms with Gasteiger partial charge in [0.15, 0.2) is 5.65 Å². The van der Waals surface area contributed by atoms with Gasteiger partial charge in [-0.2, -0.15) is 9.97 Å². The minimum atomic E-state index is -0.978. The number of hydrogen-bond acceptors (Lipinski definition) is 6. The van der Waals surface area contributed by atoms with Crippen molar-refractivity contribution in [1.29, 1.82) is 0 Å². The summed E-state index contributed by atoms with van der Waals surface area (Å²) in [5, 5.41) is 7.20. The molecular weight excluding hydrogens is 355 g/mol. The predicted octanol–water partition coefficient (Wildman–Crippen LogP) is 3.32. The average Bonchev–Trinajstić information content (AvgIpc) is 3.00. The number of nitrogens with one attached hydrogen (secondary N) is 2. The Bertz CT molecular complexity index is 978. The second-order valence-electron chi connectivity index (χ2n) is 7.37. The first-order valence-corrected chi connectivity index (χ1v) is 9.54. The van der Waals surface area contributed by atoms with Crippen molar-refractivity contribution in [2.75, 3.05) is 30.8 Å². The summed E-state index contributed by atoms with van der Waals surface area (Å²) in [5.74, 6) is 1.11. The average molecular weight is 380 g/mol. The largest absolute Gasteiger partial charge is 0.372 e. The van der Waals surface area contributed by atoms with Crippen molar-refractivity contribution in [3.63, 3.8) is 0 Å². The number of likely N-dealkylation sites (tertiary alicyclic amines) is 1. The van der Waals surface area contributed by atoms with Crippen molar-refractivity contribution in [3.05, 3.63) is 53.2 Å². The highest BCUT2D eigenvalue weighted by atomic mass is 19.1. The number of anilines is 2. The van der Waals surface area contributed by atoms with E-state index in [1.807, 2.05) is 45.2 Å². The summed E-state index contributed by atoms with van der Waals surface area (Å²) >= 11 is 0. The van der Waals surface area contributed by atoms with E-state index in [0.29, 0.717) is 30.5 Å². The third-order valence-corrected chi connectivity index (χ3v) is 5.12. The van der Waals surface area contributed by atoms with Crippen LogP contribution in [-0.4, -0.2) is 52.2 Å². The van der Waals surface area contributed by atoms with E-state index in [0.717, 1.165) is 23.2 Å². The van der Waals surface area contributed by atoms with E-state index in [2.05, 4.69) is 42.6 Å². The van der Waals surface area contributed by atoms with Gasteiger partial charge in [-0.25, -0.2) is 9.37 Å².